The van der Waals surface area contributed by atoms with Crippen molar-refractivity contribution in [3.05, 3.63) is 58.3 Å². The van der Waals surface area contributed by atoms with Crippen LogP contribution in [0.15, 0.2) is 46.9 Å². The summed E-state index contributed by atoms with van der Waals surface area (Å²) in [7, 11) is 0. The number of phenols is 1. The Labute approximate surface area is 107 Å². The van der Waals surface area contributed by atoms with E-state index in [1.54, 1.807) is 30.3 Å². The van der Waals surface area contributed by atoms with Gasteiger partial charge in [-0.25, -0.2) is 4.39 Å². The number of phenolic OH excluding ortho intramolecular Hbond substituents is 1. The first-order valence-electron chi connectivity index (χ1n) is 5.01. The lowest BCUT2D eigenvalue weighted by Gasteiger charge is -2.08. The first kappa shape index (κ1) is 11.9. The minimum absolute atomic E-state index is 0.186. The van der Waals surface area contributed by atoms with Gasteiger partial charge >= 0.3 is 0 Å². The predicted molar refractivity (Wildman–Crippen MR) is 66.5 cm³/mol. The van der Waals surface area contributed by atoms with Crippen molar-refractivity contribution >= 4 is 15.9 Å². The van der Waals surface area contributed by atoms with Crippen molar-refractivity contribution in [2.75, 3.05) is 0 Å². The zero-order chi connectivity index (χ0) is 12.3. The van der Waals surface area contributed by atoms with E-state index in [4.69, 9.17) is 4.74 Å². The van der Waals surface area contributed by atoms with E-state index >= 15 is 0 Å². The molecule has 0 saturated heterocycles. The molecule has 0 spiro atoms. The molecule has 88 valence electrons. The third-order valence-electron chi connectivity index (χ3n) is 2.23. The van der Waals surface area contributed by atoms with Crippen LogP contribution >= 0.6 is 15.9 Å². The molecule has 0 aliphatic rings. The van der Waals surface area contributed by atoms with E-state index in [9.17, 15) is 9.50 Å². The van der Waals surface area contributed by atoms with Crippen LogP contribution in [0.4, 0.5) is 4.39 Å². The summed E-state index contributed by atoms with van der Waals surface area (Å²) in [5.41, 5.74) is 0.882. The molecule has 1 N–H and O–H groups in total. The van der Waals surface area contributed by atoms with E-state index in [1.807, 2.05) is 0 Å². The fourth-order valence-electron chi connectivity index (χ4n) is 1.37. The third kappa shape index (κ3) is 3.20. The second-order valence-electron chi connectivity index (χ2n) is 3.52. The predicted octanol–water partition coefficient (Wildman–Crippen LogP) is 3.87. The minimum atomic E-state index is -0.327. The fraction of sp³-hybridized carbons (Fsp3) is 0.0769. The molecular formula is C13H10BrFO2. The van der Waals surface area contributed by atoms with Gasteiger partial charge < -0.3 is 9.84 Å². The first-order chi connectivity index (χ1) is 8.15. The molecule has 0 aliphatic heterocycles. The molecular weight excluding hydrogens is 287 g/mol. The Morgan fingerprint density at radius 1 is 1.18 bits per heavy atom. The molecule has 2 rings (SSSR count). The number of benzene rings is 2. The average Bonchev–Trinajstić information content (AvgIpc) is 2.28. The third-order valence-corrected chi connectivity index (χ3v) is 2.97. The van der Waals surface area contributed by atoms with Crippen LogP contribution in [-0.2, 0) is 6.61 Å². The van der Waals surface area contributed by atoms with Crippen LogP contribution in [0.3, 0.4) is 0 Å². The number of rotatable bonds is 3. The molecule has 0 aromatic heterocycles. The van der Waals surface area contributed by atoms with Gasteiger partial charge in [0.2, 0.25) is 0 Å². The Morgan fingerprint density at radius 3 is 2.71 bits per heavy atom. The van der Waals surface area contributed by atoms with E-state index in [1.165, 1.54) is 12.1 Å². The zero-order valence-corrected chi connectivity index (χ0v) is 10.4. The molecule has 2 aromatic carbocycles. The largest absolute Gasteiger partial charge is 0.508 e. The van der Waals surface area contributed by atoms with E-state index in [2.05, 4.69) is 15.9 Å². The monoisotopic (exact) mass is 296 g/mol. The Bertz CT molecular complexity index is 529. The molecule has 17 heavy (non-hydrogen) atoms. The van der Waals surface area contributed by atoms with E-state index in [-0.39, 0.29) is 11.6 Å². The Balaban J connectivity index is 2.07. The van der Waals surface area contributed by atoms with Crippen molar-refractivity contribution < 1.29 is 14.2 Å². The van der Waals surface area contributed by atoms with Crippen LogP contribution in [0.25, 0.3) is 0 Å². The molecule has 0 atom stereocenters. The van der Waals surface area contributed by atoms with Crippen molar-refractivity contribution in [2.24, 2.45) is 0 Å². The lowest BCUT2D eigenvalue weighted by atomic mass is 10.2. The number of hydrogen-bond donors (Lipinski definition) is 1. The van der Waals surface area contributed by atoms with Gasteiger partial charge in [-0.1, -0.05) is 28.1 Å². The standard InChI is InChI=1S/C13H10BrFO2/c14-13-7-11(16)5-4-9(13)8-17-12-3-1-2-10(15)6-12/h1-7,16H,8H2. The molecule has 0 bridgehead atoms. The van der Waals surface area contributed by atoms with E-state index in [0.29, 0.717) is 12.4 Å². The van der Waals surface area contributed by atoms with Gasteiger partial charge in [0, 0.05) is 16.1 Å². The Hall–Kier alpha value is -1.55. The summed E-state index contributed by atoms with van der Waals surface area (Å²) in [6, 6.07) is 10.9. The fourth-order valence-corrected chi connectivity index (χ4v) is 1.85. The highest BCUT2D eigenvalue weighted by atomic mass is 79.9. The van der Waals surface area contributed by atoms with Crippen LogP contribution in [0.5, 0.6) is 11.5 Å². The molecule has 0 fully saturated rings. The van der Waals surface area contributed by atoms with Crippen molar-refractivity contribution in [3.8, 4) is 11.5 Å². The summed E-state index contributed by atoms with van der Waals surface area (Å²) in [6.07, 6.45) is 0. The highest BCUT2D eigenvalue weighted by Crippen LogP contribution is 2.23. The van der Waals surface area contributed by atoms with Crippen molar-refractivity contribution in [2.45, 2.75) is 6.61 Å². The van der Waals surface area contributed by atoms with Gasteiger partial charge in [0.15, 0.2) is 0 Å². The molecule has 0 amide bonds. The van der Waals surface area contributed by atoms with E-state index < -0.39 is 0 Å². The van der Waals surface area contributed by atoms with Crippen LogP contribution < -0.4 is 4.74 Å². The lowest BCUT2D eigenvalue weighted by molar-refractivity contribution is 0.303. The summed E-state index contributed by atoms with van der Waals surface area (Å²) in [4.78, 5) is 0. The van der Waals surface area contributed by atoms with Gasteiger partial charge in [0.1, 0.15) is 23.9 Å². The second kappa shape index (κ2) is 5.19. The minimum Gasteiger partial charge on any atom is -0.508 e. The van der Waals surface area contributed by atoms with Gasteiger partial charge in [-0.3, -0.25) is 0 Å². The highest BCUT2D eigenvalue weighted by Gasteiger charge is 2.02. The van der Waals surface area contributed by atoms with Crippen LogP contribution in [0.2, 0.25) is 0 Å². The molecule has 0 heterocycles. The van der Waals surface area contributed by atoms with Gasteiger partial charge in [0.05, 0.1) is 0 Å². The average molecular weight is 297 g/mol. The highest BCUT2D eigenvalue weighted by molar-refractivity contribution is 9.10. The molecule has 0 saturated carbocycles. The zero-order valence-electron chi connectivity index (χ0n) is 8.86. The first-order valence-corrected chi connectivity index (χ1v) is 5.80. The summed E-state index contributed by atoms with van der Waals surface area (Å²) >= 11 is 3.32. The van der Waals surface area contributed by atoms with Gasteiger partial charge in [-0.15, -0.1) is 0 Å². The quantitative estimate of drug-likeness (QED) is 0.931. The van der Waals surface area contributed by atoms with Gasteiger partial charge in [-0.05, 0) is 24.3 Å². The summed E-state index contributed by atoms with van der Waals surface area (Å²) in [6.45, 7) is 0.310. The van der Waals surface area contributed by atoms with Crippen molar-refractivity contribution in [3.63, 3.8) is 0 Å². The molecule has 2 aromatic rings. The maximum atomic E-state index is 12.9. The summed E-state index contributed by atoms with van der Waals surface area (Å²) in [5.74, 6) is 0.337. The number of aromatic hydroxyl groups is 1. The normalized spacial score (nSPS) is 10.2. The Morgan fingerprint density at radius 2 is 2.00 bits per heavy atom. The Kier molecular flexibility index (Phi) is 3.64. The smallest absolute Gasteiger partial charge is 0.126 e. The molecule has 2 nitrogen and oxygen atoms in total. The molecule has 4 heteroatoms. The van der Waals surface area contributed by atoms with Crippen molar-refractivity contribution in [1.82, 2.24) is 0 Å². The number of ether oxygens (including phenoxy) is 1. The summed E-state index contributed by atoms with van der Waals surface area (Å²) in [5, 5.41) is 9.24. The number of hydrogen-bond acceptors (Lipinski definition) is 2. The van der Waals surface area contributed by atoms with Crippen LogP contribution in [-0.4, -0.2) is 5.11 Å². The lowest BCUT2D eigenvalue weighted by Crippen LogP contribution is -1.96. The van der Waals surface area contributed by atoms with Crippen LogP contribution in [0, 0.1) is 5.82 Å². The second-order valence-corrected chi connectivity index (χ2v) is 4.38. The van der Waals surface area contributed by atoms with Gasteiger partial charge in [0.25, 0.3) is 0 Å². The number of halogens is 2. The summed E-state index contributed by atoms with van der Waals surface area (Å²) < 4.78 is 19.1. The van der Waals surface area contributed by atoms with Gasteiger partial charge in [-0.2, -0.15) is 0 Å². The van der Waals surface area contributed by atoms with Crippen molar-refractivity contribution in [1.29, 1.82) is 0 Å². The molecule has 0 radical (unpaired) electrons. The van der Waals surface area contributed by atoms with Crippen LogP contribution in [0.1, 0.15) is 5.56 Å². The maximum absolute atomic E-state index is 12.9. The SMILES string of the molecule is Oc1ccc(COc2cccc(F)c2)c(Br)c1. The molecule has 0 aliphatic carbocycles. The molecule has 0 unspecified atom stereocenters. The van der Waals surface area contributed by atoms with E-state index in [0.717, 1.165) is 10.0 Å². The maximum Gasteiger partial charge on any atom is 0.126 e. The topological polar surface area (TPSA) is 29.5 Å².